The van der Waals surface area contributed by atoms with Crippen LogP contribution in [0.5, 0.6) is 0 Å². The van der Waals surface area contributed by atoms with E-state index in [4.69, 9.17) is 0 Å². The van der Waals surface area contributed by atoms with Crippen molar-refractivity contribution in [2.75, 3.05) is 0 Å². The Bertz CT molecular complexity index is 3.25. The summed E-state index contributed by atoms with van der Waals surface area (Å²) in [5.74, 6) is 0. The minimum absolute atomic E-state index is 0. The van der Waals surface area contributed by atoms with Gasteiger partial charge in [-0.3, -0.25) is 0 Å². The van der Waals surface area contributed by atoms with Gasteiger partial charge in [-0.15, -0.1) is 12.4 Å². The summed E-state index contributed by atoms with van der Waals surface area (Å²) in [5.41, 5.74) is 0. The number of hydrogen-bond donors (Lipinski definition) is 0. The van der Waals surface area contributed by atoms with Crippen molar-refractivity contribution in [2.24, 2.45) is 0 Å². The number of halogens is 3. The van der Waals surface area contributed by atoms with Gasteiger partial charge in [0.05, 0.1) is 0 Å². The van der Waals surface area contributed by atoms with Crippen molar-refractivity contribution >= 4 is 36.3 Å². The molecule has 28 valence electrons. The summed E-state index contributed by atoms with van der Waals surface area (Å²) >= 11 is 0. The van der Waals surface area contributed by atoms with Crippen LogP contribution in [-0.4, -0.2) is 23.9 Å². The molecule has 0 radical (unpaired) electrons. The second-order valence-electron chi connectivity index (χ2n) is 0. The van der Waals surface area contributed by atoms with E-state index < -0.39 is 0 Å². The second-order valence-corrected chi connectivity index (χ2v) is 0. The first-order valence-corrected chi connectivity index (χ1v) is 0. The summed E-state index contributed by atoms with van der Waals surface area (Å²) in [6.45, 7) is 0. The fourth-order valence-electron chi connectivity index (χ4n) is 0. The molecule has 0 rings (SSSR count). The molecule has 0 aliphatic heterocycles. The van der Waals surface area contributed by atoms with Gasteiger partial charge in [0.25, 0.3) is 0 Å². The topological polar surface area (TPSA) is 0 Å². The molecule has 4 heteroatoms. The van der Waals surface area contributed by atoms with Crippen LogP contribution in [0, 0.1) is 0 Å². The van der Waals surface area contributed by atoms with E-state index in [0.717, 1.165) is 0 Å². The molecule has 0 spiro atoms. The second kappa shape index (κ2) is 22.6. The molecule has 0 aromatic heterocycles. The zero-order chi connectivity index (χ0) is 0. The molecular weight excluding hydrogens is 225 g/mol. The van der Waals surface area contributed by atoms with Crippen LogP contribution in [0.2, 0.25) is 0 Å². The molecule has 0 atom stereocenters. The molecule has 0 aliphatic rings. The van der Waals surface area contributed by atoms with E-state index in [9.17, 15) is 0 Å². The Morgan fingerprint density at radius 2 is 0.750 bits per heavy atom. The molecule has 0 aromatic rings. The van der Waals surface area contributed by atoms with Crippen LogP contribution in [0.25, 0.3) is 0 Å². The third-order valence-corrected chi connectivity index (χ3v) is 0. The van der Waals surface area contributed by atoms with Crippen molar-refractivity contribution in [2.45, 2.75) is 0 Å². The molecule has 0 unspecified atom stereocenters. The van der Waals surface area contributed by atoms with Gasteiger partial charge in [0.2, 0.25) is 0 Å². The van der Waals surface area contributed by atoms with E-state index in [1.807, 2.05) is 0 Å². The van der Waals surface area contributed by atoms with Gasteiger partial charge in [-0.25, -0.2) is 0 Å². The first kappa shape index (κ1) is 44.4. The molecule has 0 amide bonds. The molecule has 0 aromatic carbocycles. The predicted molar refractivity (Wildman–Crippen MR) is 15.8 cm³/mol. The summed E-state index contributed by atoms with van der Waals surface area (Å²) < 4.78 is 0. The molecule has 0 nitrogen and oxygen atoms in total. The van der Waals surface area contributed by atoms with E-state index >= 15 is 0 Å². The molecule has 0 N–H and O–H groups in total. The van der Waals surface area contributed by atoms with Crippen LogP contribution < -0.4 is 24.8 Å². The Kier molecular flexibility index (Phi) is 250. The average Bonchev–Trinajstić information content (AvgIpc) is 0. The van der Waals surface area contributed by atoms with Gasteiger partial charge in [0.15, 0.2) is 0 Å². The molecule has 0 bridgehead atoms. The summed E-state index contributed by atoms with van der Waals surface area (Å²) in [6.07, 6.45) is 0. The zero-order valence-corrected chi connectivity index (χ0v) is 8.24. The van der Waals surface area contributed by atoms with E-state index in [-0.39, 0.29) is 61.1 Å². The number of hydrogen-bond acceptors (Lipinski definition) is 0. The Hall–Kier alpha value is 1.67. The first-order valence-electron chi connectivity index (χ1n) is 0. The van der Waals surface area contributed by atoms with E-state index in [0.29, 0.717) is 0 Å². The minimum atomic E-state index is 0. The number of rotatable bonds is 0. The third kappa shape index (κ3) is 9.38. The quantitative estimate of drug-likeness (QED) is 0.362. The maximum absolute atomic E-state index is 0. The molecule has 0 fully saturated rings. The van der Waals surface area contributed by atoms with Crippen molar-refractivity contribution in [3.05, 3.63) is 0 Å². The predicted octanol–water partition coefficient (Wildman–Crippen LogP) is -6.49. The fraction of sp³-hybridized carbons (Fsp3) is 0. The SMILES string of the molecule is Cl.[Cl-].[Cl-].[SnH2+2]. The third-order valence-electron chi connectivity index (χ3n) is 0. The standard InChI is InChI=1S/3ClH.Sn.2H/h3*1H;;;/q;;;+2;;/p-2. The summed E-state index contributed by atoms with van der Waals surface area (Å²) in [7, 11) is 0. The summed E-state index contributed by atoms with van der Waals surface area (Å²) in [6, 6.07) is 0. The van der Waals surface area contributed by atoms with Gasteiger partial charge in [-0.2, -0.15) is 0 Å². The van der Waals surface area contributed by atoms with Crippen LogP contribution >= 0.6 is 12.4 Å². The van der Waals surface area contributed by atoms with Gasteiger partial charge in [-0.05, 0) is 0 Å². The van der Waals surface area contributed by atoms with Gasteiger partial charge in [0, 0.05) is 0 Å². The Balaban J connectivity index is 0. The average molecular weight is 228 g/mol. The van der Waals surface area contributed by atoms with Crippen molar-refractivity contribution in [1.82, 2.24) is 0 Å². The normalized spacial score (nSPS) is 0. The van der Waals surface area contributed by atoms with Crippen LogP contribution in [0.3, 0.4) is 0 Å². The van der Waals surface area contributed by atoms with Gasteiger partial charge >= 0.3 is 23.9 Å². The summed E-state index contributed by atoms with van der Waals surface area (Å²) in [4.78, 5) is 0. The van der Waals surface area contributed by atoms with Crippen LogP contribution in [0.4, 0.5) is 0 Å². The Labute approximate surface area is 60.9 Å². The molecule has 0 aliphatic carbocycles. The molecule has 4 heavy (non-hydrogen) atoms. The first-order chi connectivity index (χ1) is 0. The van der Waals surface area contributed by atoms with Gasteiger partial charge < -0.3 is 24.8 Å². The molecule has 0 saturated heterocycles. The van der Waals surface area contributed by atoms with Crippen LogP contribution in [0.15, 0.2) is 0 Å². The van der Waals surface area contributed by atoms with E-state index in [1.165, 1.54) is 0 Å². The zero-order valence-electron chi connectivity index (χ0n) is 1.87. The van der Waals surface area contributed by atoms with Crippen LogP contribution in [0.1, 0.15) is 0 Å². The van der Waals surface area contributed by atoms with Crippen molar-refractivity contribution in [3.63, 3.8) is 0 Å². The van der Waals surface area contributed by atoms with Crippen molar-refractivity contribution in [3.8, 4) is 0 Å². The molecule has 0 saturated carbocycles. The molecule has 0 heterocycles. The van der Waals surface area contributed by atoms with E-state index in [1.54, 1.807) is 0 Å². The Morgan fingerprint density at radius 3 is 0.750 bits per heavy atom. The van der Waals surface area contributed by atoms with Crippen molar-refractivity contribution in [1.29, 1.82) is 0 Å². The van der Waals surface area contributed by atoms with E-state index in [2.05, 4.69) is 0 Å². The molecular formula is H3Cl3Sn. The monoisotopic (exact) mass is 228 g/mol. The van der Waals surface area contributed by atoms with Crippen molar-refractivity contribution < 1.29 is 24.8 Å². The van der Waals surface area contributed by atoms with Gasteiger partial charge in [0.1, 0.15) is 0 Å². The van der Waals surface area contributed by atoms with Gasteiger partial charge in [-0.1, -0.05) is 0 Å². The maximum atomic E-state index is 0. The Morgan fingerprint density at radius 1 is 0.750 bits per heavy atom. The van der Waals surface area contributed by atoms with Crippen LogP contribution in [-0.2, 0) is 0 Å². The summed E-state index contributed by atoms with van der Waals surface area (Å²) in [5, 5.41) is 0. The fourth-order valence-corrected chi connectivity index (χ4v) is 0.